The highest BCUT2D eigenvalue weighted by Gasteiger charge is 2.15. The first kappa shape index (κ1) is 15.6. The lowest BCUT2D eigenvalue weighted by Gasteiger charge is -2.26. The van der Waals surface area contributed by atoms with Gasteiger partial charge < -0.3 is 15.0 Å². The van der Waals surface area contributed by atoms with Gasteiger partial charge in [-0.1, -0.05) is 24.8 Å². The van der Waals surface area contributed by atoms with Gasteiger partial charge in [-0.25, -0.2) is 0 Å². The van der Waals surface area contributed by atoms with E-state index < -0.39 is 0 Å². The largest absolute Gasteiger partial charge is 0.490 e. The van der Waals surface area contributed by atoms with Crippen LogP contribution >= 0.6 is 0 Å². The summed E-state index contributed by atoms with van der Waals surface area (Å²) < 4.78 is 5.43. The number of carbonyl (C=O) groups excluding carboxylic acids is 1. The number of amides is 1. The smallest absolute Gasteiger partial charge is 0.236 e. The van der Waals surface area contributed by atoms with Crippen molar-refractivity contribution in [2.45, 2.75) is 25.8 Å². The van der Waals surface area contributed by atoms with Gasteiger partial charge in [0.25, 0.3) is 0 Å². The summed E-state index contributed by atoms with van der Waals surface area (Å²) in [7, 11) is 0. The van der Waals surface area contributed by atoms with Crippen LogP contribution in [0.3, 0.4) is 0 Å². The van der Waals surface area contributed by atoms with E-state index in [1.54, 1.807) is 6.08 Å². The standard InChI is InChI=1S/C17H24N2O2/c1-2-12-21-16-8-6-15(7-9-16)13-18-14-17(20)19-10-4-3-5-11-19/h2,6-9,18H,1,3-5,10-14H2. The van der Waals surface area contributed by atoms with Crippen LogP contribution in [0.5, 0.6) is 5.75 Å². The van der Waals surface area contributed by atoms with Crippen LogP contribution in [0.25, 0.3) is 0 Å². The SMILES string of the molecule is C=CCOc1ccc(CNCC(=O)N2CCCCC2)cc1. The molecule has 0 aromatic heterocycles. The van der Waals surface area contributed by atoms with Gasteiger partial charge in [-0.05, 0) is 37.0 Å². The molecule has 1 amide bonds. The number of benzene rings is 1. The summed E-state index contributed by atoms with van der Waals surface area (Å²) in [6.45, 7) is 7.07. The molecule has 1 aliphatic heterocycles. The Kier molecular flexibility index (Phi) is 6.28. The summed E-state index contributed by atoms with van der Waals surface area (Å²) in [5, 5.41) is 3.21. The van der Waals surface area contributed by atoms with Crippen molar-refractivity contribution in [3.8, 4) is 5.75 Å². The van der Waals surface area contributed by atoms with Gasteiger partial charge in [-0.3, -0.25) is 4.79 Å². The van der Waals surface area contributed by atoms with Gasteiger partial charge in [0.05, 0.1) is 6.54 Å². The monoisotopic (exact) mass is 288 g/mol. The third-order valence-electron chi connectivity index (χ3n) is 3.61. The van der Waals surface area contributed by atoms with Crippen LogP contribution in [-0.2, 0) is 11.3 Å². The quantitative estimate of drug-likeness (QED) is 0.783. The fourth-order valence-electron chi connectivity index (χ4n) is 2.43. The van der Waals surface area contributed by atoms with Crippen molar-refractivity contribution < 1.29 is 9.53 Å². The second kappa shape index (κ2) is 8.47. The Bertz CT molecular complexity index is 450. The molecule has 0 radical (unpaired) electrons. The molecule has 1 N–H and O–H groups in total. The zero-order valence-corrected chi connectivity index (χ0v) is 12.5. The summed E-state index contributed by atoms with van der Waals surface area (Å²) in [5.74, 6) is 1.05. The lowest BCUT2D eigenvalue weighted by atomic mass is 10.1. The summed E-state index contributed by atoms with van der Waals surface area (Å²) in [6, 6.07) is 7.90. The van der Waals surface area contributed by atoms with E-state index in [4.69, 9.17) is 4.74 Å². The van der Waals surface area contributed by atoms with E-state index in [1.165, 1.54) is 6.42 Å². The average Bonchev–Trinajstić information content (AvgIpc) is 2.55. The molecule has 21 heavy (non-hydrogen) atoms. The lowest BCUT2D eigenvalue weighted by molar-refractivity contribution is -0.131. The Morgan fingerprint density at radius 2 is 1.95 bits per heavy atom. The zero-order valence-electron chi connectivity index (χ0n) is 12.5. The van der Waals surface area contributed by atoms with E-state index in [1.807, 2.05) is 29.2 Å². The minimum atomic E-state index is 0.209. The first-order valence-corrected chi connectivity index (χ1v) is 7.61. The van der Waals surface area contributed by atoms with E-state index in [9.17, 15) is 4.79 Å². The number of nitrogens with zero attached hydrogens (tertiary/aromatic N) is 1. The maximum Gasteiger partial charge on any atom is 0.236 e. The average molecular weight is 288 g/mol. The first-order valence-electron chi connectivity index (χ1n) is 7.61. The van der Waals surface area contributed by atoms with Gasteiger partial charge >= 0.3 is 0 Å². The zero-order chi connectivity index (χ0) is 14.9. The van der Waals surface area contributed by atoms with Crippen molar-refractivity contribution in [1.82, 2.24) is 10.2 Å². The Hall–Kier alpha value is -1.81. The van der Waals surface area contributed by atoms with Gasteiger partial charge in [0.15, 0.2) is 0 Å². The molecule has 4 nitrogen and oxygen atoms in total. The number of likely N-dealkylation sites (tertiary alicyclic amines) is 1. The molecule has 1 saturated heterocycles. The molecule has 0 atom stereocenters. The van der Waals surface area contributed by atoms with Crippen molar-refractivity contribution >= 4 is 5.91 Å². The van der Waals surface area contributed by atoms with Gasteiger partial charge in [0, 0.05) is 19.6 Å². The minimum absolute atomic E-state index is 0.209. The number of rotatable bonds is 7. The fourth-order valence-corrected chi connectivity index (χ4v) is 2.43. The highest BCUT2D eigenvalue weighted by atomic mass is 16.5. The van der Waals surface area contributed by atoms with Crippen molar-refractivity contribution in [3.05, 3.63) is 42.5 Å². The summed E-state index contributed by atoms with van der Waals surface area (Å²) in [6.07, 6.45) is 5.25. The van der Waals surface area contributed by atoms with Crippen molar-refractivity contribution in [2.75, 3.05) is 26.2 Å². The third-order valence-corrected chi connectivity index (χ3v) is 3.61. The number of hydrogen-bond acceptors (Lipinski definition) is 3. The molecule has 114 valence electrons. The molecule has 1 aromatic rings. The maximum atomic E-state index is 12.0. The number of hydrogen-bond donors (Lipinski definition) is 1. The Morgan fingerprint density at radius 3 is 2.62 bits per heavy atom. The Labute approximate surface area is 126 Å². The fraction of sp³-hybridized carbons (Fsp3) is 0.471. The molecule has 0 spiro atoms. The number of piperidine rings is 1. The van der Waals surface area contributed by atoms with Crippen molar-refractivity contribution in [1.29, 1.82) is 0 Å². The molecule has 0 bridgehead atoms. The molecular formula is C17H24N2O2. The van der Waals surface area contributed by atoms with E-state index in [0.717, 1.165) is 37.2 Å². The predicted molar refractivity (Wildman–Crippen MR) is 84.3 cm³/mol. The first-order chi connectivity index (χ1) is 10.3. The second-order valence-corrected chi connectivity index (χ2v) is 5.29. The molecule has 2 rings (SSSR count). The van der Waals surface area contributed by atoms with Crippen LogP contribution in [0.2, 0.25) is 0 Å². The summed E-state index contributed by atoms with van der Waals surface area (Å²) >= 11 is 0. The maximum absolute atomic E-state index is 12.0. The Balaban J connectivity index is 1.70. The van der Waals surface area contributed by atoms with E-state index in [2.05, 4.69) is 11.9 Å². The molecule has 1 fully saturated rings. The molecule has 0 unspecified atom stereocenters. The van der Waals surface area contributed by atoms with Gasteiger partial charge in [-0.2, -0.15) is 0 Å². The highest BCUT2D eigenvalue weighted by Crippen LogP contribution is 2.12. The van der Waals surface area contributed by atoms with E-state index in [0.29, 0.717) is 19.7 Å². The molecular weight excluding hydrogens is 264 g/mol. The Morgan fingerprint density at radius 1 is 1.24 bits per heavy atom. The van der Waals surface area contributed by atoms with Crippen LogP contribution in [0.4, 0.5) is 0 Å². The van der Waals surface area contributed by atoms with Crippen LogP contribution < -0.4 is 10.1 Å². The number of ether oxygens (including phenoxy) is 1. The molecule has 4 heteroatoms. The number of nitrogens with one attached hydrogen (secondary N) is 1. The molecule has 1 aromatic carbocycles. The predicted octanol–water partition coefficient (Wildman–Crippen LogP) is 2.35. The molecule has 1 aliphatic rings. The normalized spacial score (nSPS) is 14.8. The van der Waals surface area contributed by atoms with Crippen LogP contribution in [0, 0.1) is 0 Å². The lowest BCUT2D eigenvalue weighted by Crippen LogP contribution is -2.40. The van der Waals surface area contributed by atoms with Gasteiger partial charge in [-0.15, -0.1) is 0 Å². The number of carbonyl (C=O) groups is 1. The molecule has 0 aliphatic carbocycles. The second-order valence-electron chi connectivity index (χ2n) is 5.29. The van der Waals surface area contributed by atoms with Gasteiger partial charge in [0.2, 0.25) is 5.91 Å². The van der Waals surface area contributed by atoms with Crippen LogP contribution in [0.15, 0.2) is 36.9 Å². The topological polar surface area (TPSA) is 41.6 Å². The third kappa shape index (κ3) is 5.23. The molecule has 1 heterocycles. The van der Waals surface area contributed by atoms with Crippen LogP contribution in [-0.4, -0.2) is 37.0 Å². The highest BCUT2D eigenvalue weighted by molar-refractivity contribution is 5.78. The molecule has 0 saturated carbocycles. The summed E-state index contributed by atoms with van der Waals surface area (Å²) in [4.78, 5) is 14.0. The summed E-state index contributed by atoms with van der Waals surface area (Å²) in [5.41, 5.74) is 1.15. The van der Waals surface area contributed by atoms with E-state index in [-0.39, 0.29) is 5.91 Å². The van der Waals surface area contributed by atoms with E-state index >= 15 is 0 Å². The van der Waals surface area contributed by atoms with Crippen molar-refractivity contribution in [2.24, 2.45) is 0 Å². The van der Waals surface area contributed by atoms with Crippen LogP contribution in [0.1, 0.15) is 24.8 Å². The minimum Gasteiger partial charge on any atom is -0.490 e. The van der Waals surface area contributed by atoms with Gasteiger partial charge in [0.1, 0.15) is 12.4 Å². The van der Waals surface area contributed by atoms with Crippen molar-refractivity contribution in [3.63, 3.8) is 0 Å².